The minimum Gasteiger partial charge on any atom is -0.484 e. The number of amides is 1. The van der Waals surface area contributed by atoms with Crippen molar-refractivity contribution in [3.05, 3.63) is 89.5 Å². The Labute approximate surface area is 175 Å². The lowest BCUT2D eigenvalue weighted by molar-refractivity contribution is -0.123. The van der Waals surface area contributed by atoms with Crippen molar-refractivity contribution < 1.29 is 9.53 Å². The summed E-state index contributed by atoms with van der Waals surface area (Å²) in [6.45, 7) is 1.83. The molecule has 4 nitrogen and oxygen atoms in total. The lowest BCUT2D eigenvalue weighted by Gasteiger charge is -2.08. The molecule has 4 heteroatoms. The minimum atomic E-state index is -0.282. The van der Waals surface area contributed by atoms with E-state index < -0.39 is 0 Å². The first-order valence-electron chi connectivity index (χ1n) is 10.2. The molecule has 0 atom stereocenters. The highest BCUT2D eigenvalue weighted by molar-refractivity contribution is 6.04. The largest absolute Gasteiger partial charge is 0.484 e. The van der Waals surface area contributed by atoms with Gasteiger partial charge >= 0.3 is 0 Å². The molecule has 0 unspecified atom stereocenters. The van der Waals surface area contributed by atoms with Gasteiger partial charge in [-0.25, -0.2) is 5.43 Å². The molecule has 5 rings (SSSR count). The number of nitrogens with zero attached hydrogens (tertiary/aromatic N) is 1. The smallest absolute Gasteiger partial charge is 0.277 e. The molecule has 0 aliphatic heterocycles. The van der Waals surface area contributed by atoms with Crippen molar-refractivity contribution in [3.63, 3.8) is 0 Å². The molecule has 0 fully saturated rings. The molecule has 1 N–H and O–H groups in total. The second-order valence-corrected chi connectivity index (χ2v) is 7.68. The van der Waals surface area contributed by atoms with Crippen LogP contribution in [0, 0.1) is 0 Å². The third kappa shape index (κ3) is 3.52. The van der Waals surface area contributed by atoms with Gasteiger partial charge in [-0.2, -0.15) is 5.10 Å². The lowest BCUT2D eigenvalue weighted by atomic mass is 10.00. The van der Waals surface area contributed by atoms with Crippen LogP contribution in [-0.4, -0.2) is 18.2 Å². The lowest BCUT2D eigenvalue weighted by Crippen LogP contribution is -2.25. The van der Waals surface area contributed by atoms with Gasteiger partial charge in [0.15, 0.2) is 6.61 Å². The molecule has 30 heavy (non-hydrogen) atoms. The highest BCUT2D eigenvalue weighted by Gasteiger charge is 2.15. The Hall–Kier alpha value is -3.66. The van der Waals surface area contributed by atoms with E-state index >= 15 is 0 Å². The van der Waals surface area contributed by atoms with E-state index in [9.17, 15) is 4.79 Å². The summed E-state index contributed by atoms with van der Waals surface area (Å²) in [5.41, 5.74) is 7.21. The van der Waals surface area contributed by atoms with E-state index in [-0.39, 0.29) is 12.5 Å². The quantitative estimate of drug-likeness (QED) is 0.382. The van der Waals surface area contributed by atoms with E-state index in [1.807, 2.05) is 49.4 Å². The van der Waals surface area contributed by atoms with Crippen molar-refractivity contribution in [2.24, 2.45) is 5.10 Å². The number of carbonyl (C=O) groups is 1. The minimum absolute atomic E-state index is 0.0819. The summed E-state index contributed by atoms with van der Waals surface area (Å²) in [4.78, 5) is 12.2. The second kappa shape index (κ2) is 7.64. The van der Waals surface area contributed by atoms with Gasteiger partial charge in [0.1, 0.15) is 5.75 Å². The fourth-order valence-electron chi connectivity index (χ4n) is 4.13. The fraction of sp³-hybridized carbons (Fsp3) is 0.154. The number of nitrogens with one attached hydrogen (secondary N) is 1. The van der Waals surface area contributed by atoms with Gasteiger partial charge in [-0.05, 0) is 82.3 Å². The zero-order valence-corrected chi connectivity index (χ0v) is 16.8. The number of carbonyl (C=O) groups excluding carboxylic acids is 1. The summed E-state index contributed by atoms with van der Waals surface area (Å²) in [5.74, 6) is 0.382. The average molecular weight is 394 g/mol. The molecule has 1 aliphatic rings. The maximum atomic E-state index is 12.2. The van der Waals surface area contributed by atoms with Crippen LogP contribution in [0.4, 0.5) is 0 Å². The van der Waals surface area contributed by atoms with Crippen LogP contribution in [0.15, 0.2) is 77.9 Å². The van der Waals surface area contributed by atoms with Crippen molar-refractivity contribution >= 4 is 33.2 Å². The van der Waals surface area contributed by atoms with E-state index in [0.717, 1.165) is 34.9 Å². The van der Waals surface area contributed by atoms with Gasteiger partial charge in [0.25, 0.3) is 5.91 Å². The summed E-state index contributed by atoms with van der Waals surface area (Å²) < 4.78 is 5.63. The third-order valence-corrected chi connectivity index (χ3v) is 5.67. The van der Waals surface area contributed by atoms with Crippen molar-refractivity contribution in [1.82, 2.24) is 5.43 Å². The molecule has 148 valence electrons. The Morgan fingerprint density at radius 2 is 1.70 bits per heavy atom. The Morgan fingerprint density at radius 1 is 0.900 bits per heavy atom. The topological polar surface area (TPSA) is 50.7 Å². The van der Waals surface area contributed by atoms with E-state index in [0.29, 0.717) is 5.75 Å². The molecule has 1 aliphatic carbocycles. The number of hydrogen-bond acceptors (Lipinski definition) is 3. The number of hydrogen-bond donors (Lipinski definition) is 1. The van der Waals surface area contributed by atoms with Crippen LogP contribution < -0.4 is 10.2 Å². The summed E-state index contributed by atoms with van der Waals surface area (Å²) in [7, 11) is 0. The maximum Gasteiger partial charge on any atom is 0.277 e. The monoisotopic (exact) mass is 394 g/mol. The number of hydrazone groups is 1. The number of fused-ring (bicyclic) bond motifs is 1. The Morgan fingerprint density at radius 3 is 2.60 bits per heavy atom. The predicted octanol–water partition coefficient (Wildman–Crippen LogP) is 5.01. The molecule has 0 heterocycles. The first-order valence-corrected chi connectivity index (χ1v) is 10.2. The highest BCUT2D eigenvalue weighted by Crippen LogP contribution is 2.32. The van der Waals surface area contributed by atoms with E-state index in [1.165, 1.54) is 21.9 Å². The van der Waals surface area contributed by atoms with Gasteiger partial charge in [0.05, 0.1) is 5.71 Å². The maximum absolute atomic E-state index is 12.2. The van der Waals surface area contributed by atoms with Gasteiger partial charge in [0.2, 0.25) is 0 Å². The summed E-state index contributed by atoms with van der Waals surface area (Å²) in [5, 5.41) is 9.12. The molecule has 4 aromatic rings. The first-order chi connectivity index (χ1) is 14.7. The average Bonchev–Trinajstić information content (AvgIpc) is 3.20. The zero-order chi connectivity index (χ0) is 20.5. The number of aryl methyl sites for hydroxylation is 2. The van der Waals surface area contributed by atoms with Crippen LogP contribution in [0.2, 0.25) is 0 Å². The number of rotatable bonds is 5. The molecule has 0 radical (unpaired) electrons. The van der Waals surface area contributed by atoms with Crippen molar-refractivity contribution in [2.45, 2.75) is 19.8 Å². The molecule has 0 aromatic heterocycles. The SMILES string of the molecule is C/C(=N\NC(=O)COc1ccc2ccccc2c1)c1cc2c3c(cccc3c1)CC2. The number of benzene rings is 4. The summed E-state index contributed by atoms with van der Waals surface area (Å²) in [6, 6.07) is 24.6. The van der Waals surface area contributed by atoms with Gasteiger partial charge in [-0.3, -0.25) is 4.79 Å². The molecule has 0 saturated heterocycles. The van der Waals surface area contributed by atoms with E-state index in [2.05, 4.69) is 40.9 Å². The molecule has 0 bridgehead atoms. The van der Waals surface area contributed by atoms with Gasteiger partial charge < -0.3 is 4.74 Å². The predicted molar refractivity (Wildman–Crippen MR) is 121 cm³/mol. The van der Waals surface area contributed by atoms with Crippen molar-refractivity contribution in [1.29, 1.82) is 0 Å². The van der Waals surface area contributed by atoms with Crippen LogP contribution in [0.1, 0.15) is 23.6 Å². The Kier molecular flexibility index (Phi) is 4.68. The molecule has 0 saturated carbocycles. The van der Waals surface area contributed by atoms with Crippen LogP contribution >= 0.6 is 0 Å². The van der Waals surface area contributed by atoms with Crippen molar-refractivity contribution in [3.8, 4) is 5.75 Å². The van der Waals surface area contributed by atoms with Crippen LogP contribution in [0.25, 0.3) is 21.5 Å². The molecule has 0 spiro atoms. The van der Waals surface area contributed by atoms with Crippen molar-refractivity contribution in [2.75, 3.05) is 6.61 Å². The molecular weight excluding hydrogens is 372 g/mol. The summed E-state index contributed by atoms with van der Waals surface area (Å²) >= 11 is 0. The fourth-order valence-corrected chi connectivity index (χ4v) is 4.13. The standard InChI is InChI=1S/C26H22N2O2/c1-17(23-13-21-8-4-7-19-9-10-22(14-23)26(19)21)27-28-25(29)16-30-24-12-11-18-5-2-3-6-20(18)15-24/h2-8,11-15H,9-10,16H2,1H3,(H,28,29)/b27-17+. The van der Waals surface area contributed by atoms with E-state index in [4.69, 9.17) is 4.74 Å². The van der Waals surface area contributed by atoms with Gasteiger partial charge in [0, 0.05) is 0 Å². The molecule has 4 aromatic carbocycles. The number of ether oxygens (including phenoxy) is 1. The molecular formula is C26H22N2O2. The van der Waals surface area contributed by atoms with E-state index in [1.54, 1.807) is 0 Å². The zero-order valence-electron chi connectivity index (χ0n) is 16.8. The normalized spacial score (nSPS) is 13.0. The van der Waals surface area contributed by atoms with Gasteiger partial charge in [-0.15, -0.1) is 0 Å². The first kappa shape index (κ1) is 18.4. The van der Waals surface area contributed by atoms with Crippen LogP contribution in [0.5, 0.6) is 5.75 Å². The van der Waals surface area contributed by atoms with Crippen LogP contribution in [-0.2, 0) is 17.6 Å². The van der Waals surface area contributed by atoms with Crippen LogP contribution in [0.3, 0.4) is 0 Å². The highest BCUT2D eigenvalue weighted by atomic mass is 16.5. The Bertz CT molecular complexity index is 1310. The Balaban J connectivity index is 1.26. The second-order valence-electron chi connectivity index (χ2n) is 7.68. The molecule has 1 amide bonds. The third-order valence-electron chi connectivity index (χ3n) is 5.67. The summed E-state index contributed by atoms with van der Waals surface area (Å²) in [6.07, 6.45) is 2.15. The van der Waals surface area contributed by atoms with Gasteiger partial charge in [-0.1, -0.05) is 48.5 Å².